The van der Waals surface area contributed by atoms with E-state index in [2.05, 4.69) is 14.9 Å². The van der Waals surface area contributed by atoms with Crippen LogP contribution in [0.4, 0.5) is 11.4 Å². The molecule has 0 radical (unpaired) electrons. The van der Waals surface area contributed by atoms with E-state index in [4.69, 9.17) is 5.73 Å². The molecule has 5 nitrogen and oxygen atoms in total. The predicted octanol–water partition coefficient (Wildman–Crippen LogP) is 1.99. The standard InChI is InChI=1S/C11H12N4OS/c1-6-5-8(3-4-9(6)12)13-11(16)10-7(2)14-15-17-10/h3-5H,12H2,1-2H3,(H,13,16). The summed E-state index contributed by atoms with van der Waals surface area (Å²) in [5.74, 6) is -0.193. The first kappa shape index (κ1) is 11.5. The third-order valence-corrected chi connectivity index (χ3v) is 3.21. The van der Waals surface area contributed by atoms with Crippen LogP contribution in [0.2, 0.25) is 0 Å². The van der Waals surface area contributed by atoms with Crippen LogP contribution in [0.5, 0.6) is 0 Å². The van der Waals surface area contributed by atoms with Crippen molar-refractivity contribution >= 4 is 28.8 Å². The number of nitrogens with two attached hydrogens (primary N) is 1. The summed E-state index contributed by atoms with van der Waals surface area (Å²) >= 11 is 1.09. The molecular formula is C11H12N4OS. The van der Waals surface area contributed by atoms with Gasteiger partial charge < -0.3 is 11.1 Å². The van der Waals surface area contributed by atoms with Crippen LogP contribution in [0.1, 0.15) is 20.9 Å². The van der Waals surface area contributed by atoms with Gasteiger partial charge in [0.2, 0.25) is 0 Å². The van der Waals surface area contributed by atoms with E-state index in [0.717, 1.165) is 22.8 Å². The van der Waals surface area contributed by atoms with E-state index in [1.807, 2.05) is 13.0 Å². The lowest BCUT2D eigenvalue weighted by Crippen LogP contribution is -2.11. The molecule has 0 aliphatic carbocycles. The highest BCUT2D eigenvalue weighted by Gasteiger charge is 2.13. The van der Waals surface area contributed by atoms with E-state index in [9.17, 15) is 4.79 Å². The average molecular weight is 248 g/mol. The van der Waals surface area contributed by atoms with E-state index >= 15 is 0 Å². The smallest absolute Gasteiger partial charge is 0.269 e. The van der Waals surface area contributed by atoms with Crippen molar-refractivity contribution in [2.45, 2.75) is 13.8 Å². The second-order valence-electron chi connectivity index (χ2n) is 3.71. The van der Waals surface area contributed by atoms with Crippen LogP contribution >= 0.6 is 11.5 Å². The number of carbonyl (C=O) groups is 1. The molecule has 17 heavy (non-hydrogen) atoms. The van der Waals surface area contributed by atoms with Gasteiger partial charge in [-0.3, -0.25) is 4.79 Å². The van der Waals surface area contributed by atoms with Crippen LogP contribution in [-0.4, -0.2) is 15.5 Å². The van der Waals surface area contributed by atoms with Gasteiger partial charge in [0.05, 0.1) is 5.69 Å². The first-order valence-corrected chi connectivity index (χ1v) is 5.81. The Hall–Kier alpha value is -1.95. The minimum Gasteiger partial charge on any atom is -0.399 e. The average Bonchev–Trinajstić information content (AvgIpc) is 2.70. The molecule has 6 heteroatoms. The van der Waals surface area contributed by atoms with Crippen molar-refractivity contribution in [1.82, 2.24) is 9.59 Å². The maximum atomic E-state index is 11.9. The van der Waals surface area contributed by atoms with Crippen molar-refractivity contribution in [2.24, 2.45) is 0 Å². The Labute approximate surface area is 103 Å². The Balaban J connectivity index is 2.19. The summed E-state index contributed by atoms with van der Waals surface area (Å²) in [5, 5.41) is 6.59. The molecule has 2 aromatic rings. The summed E-state index contributed by atoms with van der Waals surface area (Å²) in [6, 6.07) is 5.36. The molecule has 2 rings (SSSR count). The minimum absolute atomic E-state index is 0.193. The van der Waals surface area contributed by atoms with E-state index in [-0.39, 0.29) is 5.91 Å². The number of aryl methyl sites for hydroxylation is 2. The number of nitrogens with one attached hydrogen (secondary N) is 1. The monoisotopic (exact) mass is 248 g/mol. The summed E-state index contributed by atoms with van der Waals surface area (Å²) in [6.45, 7) is 3.65. The van der Waals surface area contributed by atoms with Crippen molar-refractivity contribution in [1.29, 1.82) is 0 Å². The van der Waals surface area contributed by atoms with Crippen molar-refractivity contribution in [2.75, 3.05) is 11.1 Å². The molecule has 1 amide bonds. The summed E-state index contributed by atoms with van der Waals surface area (Å²) in [6.07, 6.45) is 0. The van der Waals surface area contributed by atoms with Gasteiger partial charge in [0.15, 0.2) is 0 Å². The maximum absolute atomic E-state index is 11.9. The molecule has 0 fully saturated rings. The molecule has 0 saturated carbocycles. The Morgan fingerprint density at radius 2 is 2.18 bits per heavy atom. The lowest BCUT2D eigenvalue weighted by Gasteiger charge is -2.06. The summed E-state index contributed by atoms with van der Waals surface area (Å²) in [7, 11) is 0. The Bertz CT molecular complexity index is 564. The SMILES string of the molecule is Cc1cc(NC(=O)c2snnc2C)ccc1N. The Morgan fingerprint density at radius 1 is 1.41 bits per heavy atom. The second kappa shape index (κ2) is 4.50. The number of nitrogen functional groups attached to an aromatic ring is 1. The number of anilines is 2. The van der Waals surface area contributed by atoms with Crippen LogP contribution in [-0.2, 0) is 0 Å². The number of benzene rings is 1. The number of hydrogen-bond acceptors (Lipinski definition) is 5. The highest BCUT2D eigenvalue weighted by Crippen LogP contribution is 2.18. The second-order valence-corrected chi connectivity index (χ2v) is 4.47. The van der Waals surface area contributed by atoms with Crippen molar-refractivity contribution in [3.05, 3.63) is 34.3 Å². The van der Waals surface area contributed by atoms with Gasteiger partial charge >= 0.3 is 0 Å². The molecular weight excluding hydrogens is 236 g/mol. The van der Waals surface area contributed by atoms with Gasteiger partial charge in [0.25, 0.3) is 5.91 Å². The van der Waals surface area contributed by atoms with E-state index < -0.39 is 0 Å². The quantitative estimate of drug-likeness (QED) is 0.796. The highest BCUT2D eigenvalue weighted by molar-refractivity contribution is 7.08. The molecule has 0 spiro atoms. The number of carbonyl (C=O) groups excluding carboxylic acids is 1. The summed E-state index contributed by atoms with van der Waals surface area (Å²) < 4.78 is 3.73. The normalized spacial score (nSPS) is 10.2. The molecule has 3 N–H and O–H groups in total. The molecule has 1 aromatic heterocycles. The lowest BCUT2D eigenvalue weighted by atomic mass is 10.2. The first-order chi connectivity index (χ1) is 8.08. The predicted molar refractivity (Wildman–Crippen MR) is 68.2 cm³/mol. The first-order valence-electron chi connectivity index (χ1n) is 5.04. The number of nitrogens with zero attached hydrogens (tertiary/aromatic N) is 2. The Kier molecular flexibility index (Phi) is 3.06. The zero-order valence-corrected chi connectivity index (χ0v) is 10.3. The third-order valence-electron chi connectivity index (χ3n) is 2.39. The van der Waals surface area contributed by atoms with Crippen molar-refractivity contribution < 1.29 is 4.79 Å². The van der Waals surface area contributed by atoms with E-state index in [1.165, 1.54) is 0 Å². The molecule has 0 bridgehead atoms. The fourth-order valence-corrected chi connectivity index (χ4v) is 1.93. The van der Waals surface area contributed by atoms with Crippen LogP contribution in [0.25, 0.3) is 0 Å². The van der Waals surface area contributed by atoms with Crippen molar-refractivity contribution in [3.63, 3.8) is 0 Å². The summed E-state index contributed by atoms with van der Waals surface area (Å²) in [4.78, 5) is 12.4. The molecule has 0 unspecified atom stereocenters. The summed E-state index contributed by atoms with van der Waals surface area (Å²) in [5.41, 5.74) is 8.70. The number of hydrogen-bond donors (Lipinski definition) is 2. The van der Waals surface area contributed by atoms with Crippen LogP contribution < -0.4 is 11.1 Å². The van der Waals surface area contributed by atoms with Gasteiger partial charge in [-0.25, -0.2) is 0 Å². The largest absolute Gasteiger partial charge is 0.399 e. The van der Waals surface area contributed by atoms with Gasteiger partial charge in [-0.05, 0) is 49.1 Å². The maximum Gasteiger partial charge on any atom is 0.269 e. The van der Waals surface area contributed by atoms with Gasteiger partial charge in [-0.1, -0.05) is 4.49 Å². The third kappa shape index (κ3) is 2.42. The lowest BCUT2D eigenvalue weighted by molar-refractivity contribution is 0.103. The molecule has 0 aliphatic rings. The fourth-order valence-electron chi connectivity index (χ4n) is 1.38. The van der Waals surface area contributed by atoms with Gasteiger partial charge in [0.1, 0.15) is 4.88 Å². The molecule has 0 saturated heterocycles. The fraction of sp³-hybridized carbons (Fsp3) is 0.182. The van der Waals surface area contributed by atoms with Crippen LogP contribution in [0.3, 0.4) is 0 Å². The highest BCUT2D eigenvalue weighted by atomic mass is 32.1. The number of aromatic nitrogens is 2. The van der Waals surface area contributed by atoms with Gasteiger partial charge in [-0.15, -0.1) is 5.10 Å². The number of rotatable bonds is 2. The zero-order valence-electron chi connectivity index (χ0n) is 9.52. The minimum atomic E-state index is -0.193. The zero-order chi connectivity index (χ0) is 12.4. The van der Waals surface area contributed by atoms with Crippen LogP contribution in [0, 0.1) is 13.8 Å². The van der Waals surface area contributed by atoms with E-state index in [0.29, 0.717) is 16.3 Å². The molecule has 0 atom stereocenters. The topological polar surface area (TPSA) is 80.9 Å². The van der Waals surface area contributed by atoms with Crippen molar-refractivity contribution in [3.8, 4) is 0 Å². The Morgan fingerprint density at radius 3 is 2.76 bits per heavy atom. The number of amides is 1. The molecule has 1 heterocycles. The van der Waals surface area contributed by atoms with Crippen LogP contribution in [0.15, 0.2) is 18.2 Å². The molecule has 1 aromatic carbocycles. The van der Waals surface area contributed by atoms with E-state index in [1.54, 1.807) is 19.1 Å². The van der Waals surface area contributed by atoms with Gasteiger partial charge in [-0.2, -0.15) is 0 Å². The van der Waals surface area contributed by atoms with Gasteiger partial charge in [0, 0.05) is 11.4 Å². The molecule has 0 aliphatic heterocycles. The molecule has 88 valence electrons.